The van der Waals surface area contributed by atoms with Gasteiger partial charge in [0.2, 0.25) is 0 Å². The Hall–Kier alpha value is -1.24. The molecule has 1 heteroatoms. The van der Waals surface area contributed by atoms with Crippen LogP contribution in [0.25, 0.3) is 5.57 Å². The van der Waals surface area contributed by atoms with Crippen molar-refractivity contribution in [2.24, 2.45) is 0 Å². The zero-order chi connectivity index (χ0) is 12.0. The Morgan fingerprint density at radius 3 is 2.75 bits per heavy atom. The molecule has 0 heterocycles. The predicted molar refractivity (Wildman–Crippen MR) is 70.9 cm³/mol. The van der Waals surface area contributed by atoms with E-state index in [9.17, 15) is 0 Å². The Kier molecular flexibility index (Phi) is 5.10. The average molecular weight is 218 g/mol. The topological polar surface area (TPSA) is 9.23 Å². The van der Waals surface area contributed by atoms with Gasteiger partial charge in [-0.3, -0.25) is 0 Å². The molecule has 0 fully saturated rings. The van der Waals surface area contributed by atoms with Gasteiger partial charge >= 0.3 is 0 Å². The Morgan fingerprint density at radius 2 is 2.12 bits per heavy atom. The standard InChI is InChI=1S/C15H22O/c1-5-7-11-16-15-10-8-9-14(13(15)4)12(3)6-2/h6,8-10H,5,7,11H2,1-4H3/b12-6-. The second kappa shape index (κ2) is 6.37. The molecule has 1 aromatic carbocycles. The largest absolute Gasteiger partial charge is 0.493 e. The minimum Gasteiger partial charge on any atom is -0.493 e. The van der Waals surface area contributed by atoms with Crippen LogP contribution in [-0.4, -0.2) is 6.61 Å². The van der Waals surface area contributed by atoms with Gasteiger partial charge in [-0.05, 0) is 50.0 Å². The van der Waals surface area contributed by atoms with Crippen molar-refractivity contribution in [1.82, 2.24) is 0 Å². The van der Waals surface area contributed by atoms with E-state index in [0.717, 1.165) is 18.8 Å². The molecule has 0 aromatic heterocycles. The molecule has 1 rings (SSSR count). The smallest absolute Gasteiger partial charge is 0.122 e. The maximum Gasteiger partial charge on any atom is 0.122 e. The van der Waals surface area contributed by atoms with Gasteiger partial charge in [-0.25, -0.2) is 0 Å². The van der Waals surface area contributed by atoms with Gasteiger partial charge in [0.1, 0.15) is 5.75 Å². The molecule has 0 unspecified atom stereocenters. The highest BCUT2D eigenvalue weighted by molar-refractivity contribution is 5.68. The molecule has 0 bridgehead atoms. The molecule has 0 amide bonds. The summed E-state index contributed by atoms with van der Waals surface area (Å²) in [5.74, 6) is 1.02. The van der Waals surface area contributed by atoms with Crippen molar-refractivity contribution in [3.63, 3.8) is 0 Å². The van der Waals surface area contributed by atoms with Crippen LogP contribution in [-0.2, 0) is 0 Å². The lowest BCUT2D eigenvalue weighted by Crippen LogP contribution is -1.99. The first-order valence-corrected chi connectivity index (χ1v) is 6.06. The number of rotatable bonds is 5. The minimum absolute atomic E-state index is 0.815. The summed E-state index contributed by atoms with van der Waals surface area (Å²) in [6.07, 6.45) is 4.43. The minimum atomic E-state index is 0.815. The summed E-state index contributed by atoms with van der Waals surface area (Å²) in [4.78, 5) is 0. The first kappa shape index (κ1) is 12.8. The number of ether oxygens (including phenoxy) is 1. The van der Waals surface area contributed by atoms with Gasteiger partial charge in [-0.1, -0.05) is 31.6 Å². The van der Waals surface area contributed by atoms with Gasteiger partial charge in [0.15, 0.2) is 0 Å². The fraction of sp³-hybridized carbons (Fsp3) is 0.467. The zero-order valence-corrected chi connectivity index (χ0v) is 10.8. The van der Waals surface area contributed by atoms with E-state index >= 15 is 0 Å². The molecule has 0 radical (unpaired) electrons. The highest BCUT2D eigenvalue weighted by Crippen LogP contribution is 2.26. The van der Waals surface area contributed by atoms with Crippen molar-refractivity contribution in [3.8, 4) is 5.75 Å². The third-order valence-corrected chi connectivity index (χ3v) is 2.90. The normalized spacial score (nSPS) is 11.6. The lowest BCUT2D eigenvalue weighted by Gasteiger charge is -2.12. The quantitative estimate of drug-likeness (QED) is 0.656. The number of allylic oxidation sites excluding steroid dienone is 2. The summed E-state index contributed by atoms with van der Waals surface area (Å²) < 4.78 is 5.79. The first-order chi connectivity index (χ1) is 7.70. The predicted octanol–water partition coefficient (Wildman–Crippen LogP) is 4.60. The van der Waals surface area contributed by atoms with E-state index in [-0.39, 0.29) is 0 Å². The Bertz CT molecular complexity index is 364. The van der Waals surface area contributed by atoms with Crippen LogP contribution in [0.5, 0.6) is 5.75 Å². The van der Waals surface area contributed by atoms with Gasteiger partial charge in [0, 0.05) is 0 Å². The van der Waals surface area contributed by atoms with Crippen LogP contribution >= 0.6 is 0 Å². The van der Waals surface area contributed by atoms with Crippen LogP contribution in [0.2, 0.25) is 0 Å². The summed E-state index contributed by atoms with van der Waals surface area (Å²) in [5, 5.41) is 0. The van der Waals surface area contributed by atoms with Crippen molar-refractivity contribution in [2.45, 2.75) is 40.5 Å². The van der Waals surface area contributed by atoms with Crippen molar-refractivity contribution < 1.29 is 4.74 Å². The SMILES string of the molecule is C/C=C(/C)c1cccc(OCCCC)c1C. The Morgan fingerprint density at radius 1 is 1.38 bits per heavy atom. The molecule has 0 saturated carbocycles. The lowest BCUT2D eigenvalue weighted by atomic mass is 10.0. The summed E-state index contributed by atoms with van der Waals surface area (Å²) in [6, 6.07) is 6.27. The van der Waals surface area contributed by atoms with Gasteiger partial charge in [0.05, 0.1) is 6.61 Å². The molecule has 0 aliphatic carbocycles. The molecule has 1 aromatic rings. The Labute approximate surface area is 99.1 Å². The Balaban J connectivity index is 2.86. The lowest BCUT2D eigenvalue weighted by molar-refractivity contribution is 0.307. The van der Waals surface area contributed by atoms with Crippen molar-refractivity contribution in [3.05, 3.63) is 35.4 Å². The van der Waals surface area contributed by atoms with Crippen LogP contribution in [0.4, 0.5) is 0 Å². The van der Waals surface area contributed by atoms with Gasteiger partial charge < -0.3 is 4.74 Å². The number of unbranched alkanes of at least 4 members (excludes halogenated alkanes) is 1. The molecule has 16 heavy (non-hydrogen) atoms. The highest BCUT2D eigenvalue weighted by Gasteiger charge is 2.05. The van der Waals surface area contributed by atoms with Crippen molar-refractivity contribution >= 4 is 5.57 Å². The molecule has 0 aliphatic heterocycles. The second-order valence-electron chi connectivity index (χ2n) is 4.10. The van der Waals surface area contributed by atoms with E-state index < -0.39 is 0 Å². The fourth-order valence-electron chi connectivity index (χ4n) is 1.68. The van der Waals surface area contributed by atoms with Crippen LogP contribution in [0.1, 0.15) is 44.7 Å². The number of benzene rings is 1. The zero-order valence-electron chi connectivity index (χ0n) is 10.8. The van der Waals surface area contributed by atoms with E-state index in [2.05, 4.69) is 52.0 Å². The summed E-state index contributed by atoms with van der Waals surface area (Å²) in [7, 11) is 0. The molecule has 88 valence electrons. The molecule has 0 N–H and O–H groups in total. The molecule has 0 saturated heterocycles. The van der Waals surface area contributed by atoms with Crippen molar-refractivity contribution in [1.29, 1.82) is 0 Å². The fourth-order valence-corrected chi connectivity index (χ4v) is 1.68. The third kappa shape index (κ3) is 3.13. The van der Waals surface area contributed by atoms with Gasteiger partial charge in [-0.2, -0.15) is 0 Å². The number of hydrogen-bond donors (Lipinski definition) is 0. The molecular formula is C15H22O. The van der Waals surface area contributed by atoms with Crippen LogP contribution in [0.3, 0.4) is 0 Å². The van der Waals surface area contributed by atoms with E-state index in [1.165, 1.54) is 23.1 Å². The maximum atomic E-state index is 5.79. The average Bonchev–Trinajstić information content (AvgIpc) is 2.30. The van der Waals surface area contributed by atoms with E-state index in [4.69, 9.17) is 4.74 Å². The van der Waals surface area contributed by atoms with Crippen LogP contribution in [0, 0.1) is 6.92 Å². The molecule has 0 spiro atoms. The first-order valence-electron chi connectivity index (χ1n) is 6.06. The summed E-state index contributed by atoms with van der Waals surface area (Å²) in [6.45, 7) is 9.33. The monoisotopic (exact) mass is 218 g/mol. The van der Waals surface area contributed by atoms with Crippen LogP contribution in [0.15, 0.2) is 24.3 Å². The van der Waals surface area contributed by atoms with Crippen molar-refractivity contribution in [2.75, 3.05) is 6.61 Å². The third-order valence-electron chi connectivity index (χ3n) is 2.90. The van der Waals surface area contributed by atoms with E-state index in [0.29, 0.717) is 0 Å². The molecular weight excluding hydrogens is 196 g/mol. The molecule has 1 nitrogen and oxygen atoms in total. The molecule has 0 aliphatic rings. The summed E-state index contributed by atoms with van der Waals surface area (Å²) >= 11 is 0. The van der Waals surface area contributed by atoms with Gasteiger partial charge in [0.25, 0.3) is 0 Å². The molecule has 0 atom stereocenters. The second-order valence-corrected chi connectivity index (χ2v) is 4.10. The van der Waals surface area contributed by atoms with E-state index in [1.807, 2.05) is 0 Å². The van der Waals surface area contributed by atoms with Crippen LogP contribution < -0.4 is 4.74 Å². The van der Waals surface area contributed by atoms with Gasteiger partial charge in [-0.15, -0.1) is 0 Å². The number of hydrogen-bond acceptors (Lipinski definition) is 1. The highest BCUT2D eigenvalue weighted by atomic mass is 16.5. The van der Waals surface area contributed by atoms with E-state index in [1.54, 1.807) is 0 Å². The maximum absolute atomic E-state index is 5.79. The summed E-state index contributed by atoms with van der Waals surface area (Å²) in [5.41, 5.74) is 3.84.